The fourth-order valence-electron chi connectivity index (χ4n) is 2.19. The van der Waals surface area contributed by atoms with Gasteiger partial charge in [0.25, 0.3) is 0 Å². The summed E-state index contributed by atoms with van der Waals surface area (Å²) in [7, 11) is -3.51. The Kier molecular flexibility index (Phi) is 4.65. The van der Waals surface area contributed by atoms with Gasteiger partial charge in [-0.1, -0.05) is 24.3 Å². The van der Waals surface area contributed by atoms with E-state index < -0.39 is 10.0 Å². The van der Waals surface area contributed by atoms with Gasteiger partial charge in [0.15, 0.2) is 0 Å². The molecule has 0 aliphatic heterocycles. The lowest BCUT2D eigenvalue weighted by atomic mass is 10.0. The number of rotatable bonds is 5. The maximum Gasteiger partial charge on any atom is 0.240 e. The van der Waals surface area contributed by atoms with E-state index in [9.17, 15) is 8.42 Å². The van der Waals surface area contributed by atoms with Gasteiger partial charge in [-0.3, -0.25) is 0 Å². The monoisotopic (exact) mass is 304 g/mol. The molecule has 0 amide bonds. The van der Waals surface area contributed by atoms with Gasteiger partial charge in [-0.25, -0.2) is 13.1 Å². The molecule has 0 aromatic heterocycles. The quantitative estimate of drug-likeness (QED) is 0.834. The van der Waals surface area contributed by atoms with Crippen LogP contribution < -0.4 is 10.5 Å². The molecule has 2 aromatic carbocycles. The molecule has 2 rings (SSSR count). The highest BCUT2D eigenvalue weighted by molar-refractivity contribution is 7.89. The van der Waals surface area contributed by atoms with E-state index >= 15 is 0 Å². The van der Waals surface area contributed by atoms with Gasteiger partial charge in [0.05, 0.1) is 4.90 Å². The Morgan fingerprint density at radius 1 is 1.10 bits per heavy atom. The van der Waals surface area contributed by atoms with Crippen molar-refractivity contribution in [3.63, 3.8) is 0 Å². The molecule has 3 N–H and O–H groups in total. The van der Waals surface area contributed by atoms with Gasteiger partial charge < -0.3 is 5.73 Å². The zero-order chi connectivity index (χ0) is 15.5. The molecule has 0 bridgehead atoms. The third-order valence-corrected chi connectivity index (χ3v) is 4.94. The minimum atomic E-state index is -3.51. The fourth-order valence-corrected chi connectivity index (χ4v) is 3.43. The highest BCUT2D eigenvalue weighted by Crippen LogP contribution is 2.14. The van der Waals surface area contributed by atoms with Crippen LogP contribution in [0.4, 0.5) is 5.69 Å². The highest BCUT2D eigenvalue weighted by Gasteiger charge is 2.17. The van der Waals surface area contributed by atoms with Gasteiger partial charge in [0.1, 0.15) is 0 Å². The minimum absolute atomic E-state index is 0.186. The van der Waals surface area contributed by atoms with Crippen LogP contribution in [0, 0.1) is 6.92 Å². The van der Waals surface area contributed by atoms with Crippen molar-refractivity contribution in [2.45, 2.75) is 31.2 Å². The number of sulfonamides is 1. The SMILES string of the molecule is Cc1ccccc1CC(C)NS(=O)(=O)c1ccc(N)cc1. The average Bonchev–Trinajstić information content (AvgIpc) is 2.41. The lowest BCUT2D eigenvalue weighted by Gasteiger charge is -2.15. The zero-order valence-corrected chi connectivity index (χ0v) is 13.0. The number of hydrogen-bond acceptors (Lipinski definition) is 3. The Balaban J connectivity index is 2.10. The topological polar surface area (TPSA) is 72.2 Å². The lowest BCUT2D eigenvalue weighted by Crippen LogP contribution is -2.34. The number of anilines is 1. The molecule has 21 heavy (non-hydrogen) atoms. The average molecular weight is 304 g/mol. The van der Waals surface area contributed by atoms with Crippen molar-refractivity contribution in [1.82, 2.24) is 4.72 Å². The largest absolute Gasteiger partial charge is 0.399 e. The first-order valence-corrected chi connectivity index (χ1v) is 8.29. The van der Waals surface area contributed by atoms with Crippen LogP contribution in [0.25, 0.3) is 0 Å². The van der Waals surface area contributed by atoms with Crippen LogP contribution in [0.3, 0.4) is 0 Å². The molecule has 1 unspecified atom stereocenters. The fraction of sp³-hybridized carbons (Fsp3) is 0.250. The molecule has 0 aliphatic carbocycles. The molecular weight excluding hydrogens is 284 g/mol. The number of hydrogen-bond donors (Lipinski definition) is 2. The van der Waals surface area contributed by atoms with Gasteiger partial charge in [-0.2, -0.15) is 0 Å². The summed E-state index contributed by atoms with van der Waals surface area (Å²) in [6, 6.07) is 14.0. The lowest BCUT2D eigenvalue weighted by molar-refractivity contribution is 0.559. The van der Waals surface area contributed by atoms with Crippen LogP contribution >= 0.6 is 0 Å². The van der Waals surface area contributed by atoms with Crippen LogP contribution in [-0.4, -0.2) is 14.5 Å². The molecule has 0 radical (unpaired) electrons. The summed E-state index contributed by atoms with van der Waals surface area (Å²) < 4.78 is 27.3. The van der Waals surface area contributed by atoms with Crippen molar-refractivity contribution < 1.29 is 8.42 Å². The highest BCUT2D eigenvalue weighted by atomic mass is 32.2. The second kappa shape index (κ2) is 6.28. The van der Waals surface area contributed by atoms with Gasteiger partial charge in [-0.15, -0.1) is 0 Å². The predicted octanol–water partition coefficient (Wildman–Crippen LogP) is 2.49. The van der Waals surface area contributed by atoms with Gasteiger partial charge in [0, 0.05) is 11.7 Å². The third kappa shape index (κ3) is 4.06. The number of nitrogen functional groups attached to an aromatic ring is 1. The second-order valence-electron chi connectivity index (χ2n) is 5.22. The molecule has 2 aromatic rings. The molecule has 0 fully saturated rings. The summed E-state index contributed by atoms with van der Waals surface area (Å²) in [5, 5.41) is 0. The molecule has 0 saturated heterocycles. The smallest absolute Gasteiger partial charge is 0.240 e. The predicted molar refractivity (Wildman–Crippen MR) is 85.5 cm³/mol. The molecular formula is C16H20N2O2S. The molecule has 0 saturated carbocycles. The van der Waals surface area contributed by atoms with E-state index in [0.717, 1.165) is 11.1 Å². The van der Waals surface area contributed by atoms with Gasteiger partial charge in [-0.05, 0) is 55.7 Å². The Morgan fingerprint density at radius 3 is 2.33 bits per heavy atom. The summed E-state index contributed by atoms with van der Waals surface area (Å²) in [5.41, 5.74) is 8.42. The number of nitrogens with one attached hydrogen (secondary N) is 1. The molecule has 0 spiro atoms. The van der Waals surface area contributed by atoms with Crippen LogP contribution in [0.15, 0.2) is 53.4 Å². The Bertz CT molecular complexity index is 709. The normalized spacial score (nSPS) is 13.0. The molecule has 5 heteroatoms. The van der Waals surface area contributed by atoms with Crippen LogP contribution in [0.2, 0.25) is 0 Å². The molecule has 4 nitrogen and oxygen atoms in total. The summed E-state index contributed by atoms with van der Waals surface area (Å²) in [6.45, 7) is 3.89. The van der Waals surface area contributed by atoms with Crippen molar-refractivity contribution in [3.05, 3.63) is 59.7 Å². The molecule has 1 atom stereocenters. The molecule has 0 aliphatic rings. The van der Waals surface area contributed by atoms with Crippen molar-refractivity contribution in [1.29, 1.82) is 0 Å². The van der Waals surface area contributed by atoms with Crippen molar-refractivity contribution in [2.24, 2.45) is 0 Å². The second-order valence-corrected chi connectivity index (χ2v) is 6.94. The van der Waals surface area contributed by atoms with E-state index in [2.05, 4.69) is 4.72 Å². The Morgan fingerprint density at radius 2 is 1.71 bits per heavy atom. The van der Waals surface area contributed by atoms with E-state index in [1.54, 1.807) is 12.1 Å². The van der Waals surface area contributed by atoms with E-state index in [1.165, 1.54) is 12.1 Å². The molecule has 112 valence electrons. The third-order valence-electron chi connectivity index (χ3n) is 3.33. The van der Waals surface area contributed by atoms with Gasteiger partial charge >= 0.3 is 0 Å². The van der Waals surface area contributed by atoms with Crippen LogP contribution in [0.5, 0.6) is 0 Å². The molecule has 0 heterocycles. The first-order chi connectivity index (χ1) is 9.88. The zero-order valence-electron chi connectivity index (χ0n) is 12.2. The first kappa shape index (κ1) is 15.5. The maximum atomic E-state index is 12.3. The Labute approximate surface area is 126 Å². The number of aryl methyl sites for hydroxylation is 1. The van der Waals surface area contributed by atoms with Crippen LogP contribution in [-0.2, 0) is 16.4 Å². The summed E-state index contributed by atoms with van der Waals surface area (Å²) in [6.07, 6.45) is 0.654. The first-order valence-electron chi connectivity index (χ1n) is 6.81. The standard InChI is InChI=1S/C16H20N2O2S/c1-12-5-3-4-6-14(12)11-13(2)18-21(19,20)16-9-7-15(17)8-10-16/h3-10,13,18H,11,17H2,1-2H3. The number of benzene rings is 2. The van der Waals surface area contributed by atoms with Crippen LogP contribution in [0.1, 0.15) is 18.1 Å². The summed E-state index contributed by atoms with van der Waals surface area (Å²) >= 11 is 0. The maximum absolute atomic E-state index is 12.3. The number of nitrogens with two attached hydrogens (primary N) is 1. The van der Waals surface area contributed by atoms with Crippen molar-refractivity contribution in [3.8, 4) is 0 Å². The van der Waals surface area contributed by atoms with Crippen molar-refractivity contribution in [2.75, 3.05) is 5.73 Å². The van der Waals surface area contributed by atoms with Gasteiger partial charge in [0.2, 0.25) is 10.0 Å². The van der Waals surface area contributed by atoms with E-state index in [-0.39, 0.29) is 10.9 Å². The minimum Gasteiger partial charge on any atom is -0.399 e. The summed E-state index contributed by atoms with van der Waals surface area (Å²) in [5.74, 6) is 0. The summed E-state index contributed by atoms with van der Waals surface area (Å²) in [4.78, 5) is 0.230. The van der Waals surface area contributed by atoms with E-state index in [0.29, 0.717) is 12.1 Å². The van der Waals surface area contributed by atoms with E-state index in [1.807, 2.05) is 38.1 Å². The van der Waals surface area contributed by atoms with Crippen molar-refractivity contribution >= 4 is 15.7 Å². The van der Waals surface area contributed by atoms with E-state index in [4.69, 9.17) is 5.73 Å². The Hall–Kier alpha value is -1.85.